The second-order valence-electron chi connectivity index (χ2n) is 9.52. The summed E-state index contributed by atoms with van der Waals surface area (Å²) >= 11 is 0. The predicted octanol–water partition coefficient (Wildman–Crippen LogP) is 4.00. The summed E-state index contributed by atoms with van der Waals surface area (Å²) in [6.07, 6.45) is 5.12. The van der Waals surface area contributed by atoms with Crippen LogP contribution in [0.5, 0.6) is 0 Å². The summed E-state index contributed by atoms with van der Waals surface area (Å²) in [4.78, 5) is 0.302. The van der Waals surface area contributed by atoms with Gasteiger partial charge in [-0.15, -0.1) is 0 Å². The fraction of sp³-hybridized carbons (Fsp3) is 0.370. The first-order valence-corrected chi connectivity index (χ1v) is 13.4. The van der Waals surface area contributed by atoms with Crippen LogP contribution >= 0.6 is 0 Å². The van der Waals surface area contributed by atoms with Crippen LogP contribution in [0.2, 0.25) is 0 Å². The van der Waals surface area contributed by atoms with Crippen LogP contribution in [0.1, 0.15) is 23.2 Å². The number of aryl methyl sites for hydroxylation is 1. The summed E-state index contributed by atoms with van der Waals surface area (Å²) in [5.41, 5.74) is 4.38. The van der Waals surface area contributed by atoms with E-state index in [1.807, 2.05) is 29.9 Å². The van der Waals surface area contributed by atoms with E-state index < -0.39 is 15.4 Å². The van der Waals surface area contributed by atoms with Crippen molar-refractivity contribution >= 4 is 16.1 Å². The Hall–Kier alpha value is -2.85. The number of nitrogens with zero attached hydrogens (tertiary/aromatic N) is 3. The molecule has 0 unspecified atom stereocenters. The third-order valence-corrected chi connectivity index (χ3v) is 8.92. The van der Waals surface area contributed by atoms with Crippen LogP contribution in [-0.2, 0) is 25.9 Å². The van der Waals surface area contributed by atoms with Crippen molar-refractivity contribution in [1.82, 2.24) is 14.1 Å². The summed E-state index contributed by atoms with van der Waals surface area (Å²) in [5.74, 6) is -0.299. The molecule has 0 amide bonds. The fourth-order valence-electron chi connectivity index (χ4n) is 5.09. The van der Waals surface area contributed by atoms with Crippen molar-refractivity contribution in [3.8, 4) is 5.69 Å². The number of methoxy groups -OCH3 is 1. The minimum atomic E-state index is -3.65. The Morgan fingerprint density at radius 2 is 1.83 bits per heavy atom. The van der Waals surface area contributed by atoms with Gasteiger partial charge >= 0.3 is 0 Å². The Labute approximate surface area is 211 Å². The van der Waals surface area contributed by atoms with E-state index in [1.54, 1.807) is 35.7 Å². The molecule has 1 aromatic heterocycles. The van der Waals surface area contributed by atoms with Crippen LogP contribution in [0, 0.1) is 18.2 Å². The third kappa shape index (κ3) is 4.64. The number of piperidine rings is 1. The molecule has 9 heteroatoms. The smallest absolute Gasteiger partial charge is 0.243 e. The van der Waals surface area contributed by atoms with E-state index in [1.165, 1.54) is 12.1 Å². The maximum absolute atomic E-state index is 13.6. The van der Waals surface area contributed by atoms with Gasteiger partial charge in [-0.2, -0.15) is 9.40 Å². The first kappa shape index (κ1) is 24.8. The highest BCUT2D eigenvalue weighted by atomic mass is 32.2. The number of sulfonamides is 1. The number of fused-ring (bicyclic) bond motifs is 2. The van der Waals surface area contributed by atoms with Crippen molar-refractivity contribution in [1.29, 1.82) is 0 Å². The molecule has 2 heterocycles. The van der Waals surface area contributed by atoms with Crippen molar-refractivity contribution in [3.63, 3.8) is 0 Å². The fourth-order valence-corrected chi connectivity index (χ4v) is 6.61. The van der Waals surface area contributed by atoms with Crippen LogP contribution in [0.15, 0.2) is 65.2 Å². The maximum atomic E-state index is 13.6. The Morgan fingerprint density at radius 3 is 2.56 bits per heavy atom. The average Bonchev–Trinajstić information content (AvgIpc) is 3.27. The molecule has 0 spiro atoms. The van der Waals surface area contributed by atoms with Gasteiger partial charge in [0.1, 0.15) is 5.82 Å². The van der Waals surface area contributed by atoms with Crippen LogP contribution < -0.4 is 0 Å². The lowest BCUT2D eigenvalue weighted by Gasteiger charge is -2.45. The van der Waals surface area contributed by atoms with E-state index >= 15 is 0 Å². The quantitative estimate of drug-likeness (QED) is 0.428. The average molecular weight is 512 g/mol. The largest absolute Gasteiger partial charge is 0.382 e. The second kappa shape index (κ2) is 9.89. The summed E-state index contributed by atoms with van der Waals surface area (Å²) in [7, 11) is -2.03. The number of hydrogen-bond acceptors (Lipinski definition) is 5. The van der Waals surface area contributed by atoms with Crippen molar-refractivity contribution in [3.05, 3.63) is 82.9 Å². The molecule has 0 saturated carbocycles. The van der Waals surface area contributed by atoms with Gasteiger partial charge in [0.05, 0.1) is 42.3 Å². The molecule has 1 aliphatic heterocycles. The SMILES string of the molecule is COCCOC[C@]12Cc3cnn(-c4ccc(F)cc4)c3C=C1CCN(S(=O)(=O)c1ccc(C)cc1)C2. The Morgan fingerprint density at radius 1 is 1.08 bits per heavy atom. The topological polar surface area (TPSA) is 73.7 Å². The van der Waals surface area contributed by atoms with E-state index in [9.17, 15) is 12.8 Å². The lowest BCUT2D eigenvalue weighted by molar-refractivity contribution is 0.0147. The molecule has 7 nitrogen and oxygen atoms in total. The summed E-state index contributed by atoms with van der Waals surface area (Å²) in [5, 5.41) is 4.58. The lowest BCUT2D eigenvalue weighted by atomic mass is 9.69. The number of hydrogen-bond donors (Lipinski definition) is 0. The molecule has 1 atom stereocenters. The Kier molecular flexibility index (Phi) is 6.82. The van der Waals surface area contributed by atoms with Crippen LogP contribution in [0.4, 0.5) is 4.39 Å². The third-order valence-electron chi connectivity index (χ3n) is 7.06. The molecule has 0 N–H and O–H groups in total. The molecule has 0 radical (unpaired) electrons. The van der Waals surface area contributed by atoms with Crippen LogP contribution in [0.3, 0.4) is 0 Å². The number of rotatable bonds is 8. The zero-order valence-electron chi connectivity index (χ0n) is 20.5. The molecule has 0 bridgehead atoms. The normalized spacial score (nSPS) is 20.0. The first-order valence-electron chi connectivity index (χ1n) is 12.0. The molecular formula is C27H30FN3O4S. The molecule has 2 aliphatic rings. The predicted molar refractivity (Wildman–Crippen MR) is 135 cm³/mol. The second-order valence-corrected chi connectivity index (χ2v) is 11.5. The van der Waals surface area contributed by atoms with Gasteiger partial charge in [0.25, 0.3) is 0 Å². The highest BCUT2D eigenvalue weighted by Crippen LogP contribution is 2.45. The van der Waals surface area contributed by atoms with Crippen molar-refractivity contribution in [2.24, 2.45) is 5.41 Å². The molecule has 5 rings (SSSR count). The maximum Gasteiger partial charge on any atom is 0.243 e. The Bertz CT molecular complexity index is 1370. The molecule has 1 saturated heterocycles. The number of ether oxygens (including phenoxy) is 2. The Balaban J connectivity index is 1.49. The highest BCUT2D eigenvalue weighted by molar-refractivity contribution is 7.89. The summed E-state index contributed by atoms with van der Waals surface area (Å²) in [6.45, 7) is 3.92. The van der Waals surface area contributed by atoms with Gasteiger partial charge in [-0.3, -0.25) is 0 Å². The monoisotopic (exact) mass is 511 g/mol. The van der Waals surface area contributed by atoms with Gasteiger partial charge in [-0.05, 0) is 67.8 Å². The molecule has 2 aromatic carbocycles. The van der Waals surface area contributed by atoms with Gasteiger partial charge in [-0.1, -0.05) is 23.3 Å². The van der Waals surface area contributed by atoms with E-state index in [4.69, 9.17) is 9.47 Å². The molecule has 3 aromatic rings. The van der Waals surface area contributed by atoms with E-state index in [0.717, 1.165) is 28.1 Å². The minimum Gasteiger partial charge on any atom is -0.382 e. The van der Waals surface area contributed by atoms with E-state index in [0.29, 0.717) is 50.6 Å². The summed E-state index contributed by atoms with van der Waals surface area (Å²) < 4.78 is 55.1. The molecular weight excluding hydrogens is 481 g/mol. The van der Waals surface area contributed by atoms with Crippen molar-refractivity contribution in [2.45, 2.75) is 24.7 Å². The van der Waals surface area contributed by atoms with Gasteiger partial charge in [0.2, 0.25) is 10.0 Å². The highest BCUT2D eigenvalue weighted by Gasteiger charge is 2.46. The van der Waals surface area contributed by atoms with E-state index in [2.05, 4.69) is 11.2 Å². The molecule has 1 fully saturated rings. The zero-order chi connectivity index (χ0) is 25.3. The number of benzene rings is 2. The zero-order valence-corrected chi connectivity index (χ0v) is 21.3. The number of halogens is 1. The van der Waals surface area contributed by atoms with Crippen LogP contribution in [0.25, 0.3) is 11.8 Å². The van der Waals surface area contributed by atoms with Gasteiger partial charge in [-0.25, -0.2) is 17.5 Å². The van der Waals surface area contributed by atoms with Gasteiger partial charge < -0.3 is 9.47 Å². The van der Waals surface area contributed by atoms with Gasteiger partial charge in [0.15, 0.2) is 0 Å². The number of aromatic nitrogens is 2. The van der Waals surface area contributed by atoms with Crippen molar-refractivity contribution < 1.29 is 22.3 Å². The van der Waals surface area contributed by atoms with E-state index in [-0.39, 0.29) is 5.82 Å². The molecule has 1 aliphatic carbocycles. The standard InChI is InChI=1S/C27H30FN3O4S/c1-20-3-9-25(10-4-20)36(32,33)30-12-11-22-15-26-21(16-27(22,18-30)19-35-14-13-34-2)17-29-31(26)24-7-5-23(28)6-8-24/h3-10,15,17H,11-14,16,18-19H2,1-2H3/t27-/m1/s1. The van der Waals surface area contributed by atoms with Crippen molar-refractivity contribution in [2.75, 3.05) is 40.0 Å². The van der Waals surface area contributed by atoms with Crippen LogP contribution in [-0.4, -0.2) is 62.5 Å². The molecule has 190 valence electrons. The minimum absolute atomic E-state index is 0.299. The van der Waals surface area contributed by atoms with Gasteiger partial charge in [0, 0.05) is 25.6 Å². The summed E-state index contributed by atoms with van der Waals surface area (Å²) in [6, 6.07) is 13.2. The lowest BCUT2D eigenvalue weighted by Crippen LogP contribution is -2.51. The first-order chi connectivity index (χ1) is 17.3. The molecule has 36 heavy (non-hydrogen) atoms.